The van der Waals surface area contributed by atoms with Crippen LogP contribution in [0.4, 0.5) is 16.4 Å². The molecule has 0 unspecified atom stereocenters. The summed E-state index contributed by atoms with van der Waals surface area (Å²) in [6.07, 6.45) is -0.260. The fraction of sp³-hybridized carbons (Fsp3) is 0.286. The number of hydroxylamine groups is 2. The van der Waals surface area contributed by atoms with Crippen LogP contribution in [-0.2, 0) is 25.5 Å². The number of rotatable bonds is 8. The number of aromatic amines is 1. The normalized spacial score (nSPS) is 10.6. The molecule has 35 heavy (non-hydrogen) atoms. The van der Waals surface area contributed by atoms with Crippen molar-refractivity contribution in [2.24, 2.45) is 0 Å². The van der Waals surface area contributed by atoms with Gasteiger partial charge in [-0.15, -0.1) is 10.2 Å². The number of aromatic nitrogens is 4. The molecule has 0 aliphatic heterocycles. The third-order valence-corrected chi connectivity index (χ3v) is 4.77. The molecule has 4 N–H and O–H groups in total. The average molecular weight is 485 g/mol. The number of H-pyrrole nitrogens is 1. The molecule has 14 heteroatoms. The van der Waals surface area contributed by atoms with Crippen LogP contribution < -0.4 is 11.1 Å². The summed E-state index contributed by atoms with van der Waals surface area (Å²) in [5.74, 6) is -2.25. The lowest BCUT2D eigenvalue weighted by molar-refractivity contribution is -0.158. The summed E-state index contributed by atoms with van der Waals surface area (Å²) in [6, 6.07) is 5.27. The molecule has 0 aromatic carbocycles. The molecular weight excluding hydrogens is 462 g/mol. The number of fused-ring (bicyclic) bond motifs is 1. The van der Waals surface area contributed by atoms with Crippen molar-refractivity contribution in [3.8, 4) is 11.1 Å². The molecule has 1 aromatic heterocycles. The summed E-state index contributed by atoms with van der Waals surface area (Å²) in [4.78, 5) is 55.1. The lowest BCUT2D eigenvalue weighted by Crippen LogP contribution is -2.40. The van der Waals surface area contributed by atoms with Crippen molar-refractivity contribution in [1.82, 2.24) is 25.7 Å². The molecule has 3 rings (SSSR count). The Kier molecular flexibility index (Phi) is 7.88. The molecule has 0 bridgehead atoms. The molecule has 2 aliphatic rings. The van der Waals surface area contributed by atoms with Crippen LogP contribution in [0.1, 0.15) is 40.1 Å². The number of carbonyl (C=O) groups excluding carboxylic acids is 4. The first kappa shape index (κ1) is 25.0. The minimum atomic E-state index is -0.931. The zero-order valence-electron chi connectivity index (χ0n) is 19.2. The lowest BCUT2D eigenvalue weighted by atomic mass is 10.1. The van der Waals surface area contributed by atoms with E-state index in [9.17, 15) is 19.2 Å². The summed E-state index contributed by atoms with van der Waals surface area (Å²) in [6.45, 7) is 3.51. The third kappa shape index (κ3) is 5.33. The summed E-state index contributed by atoms with van der Waals surface area (Å²) in [7, 11) is 1.15. The monoisotopic (exact) mass is 485 g/mol. The van der Waals surface area contributed by atoms with E-state index in [2.05, 4.69) is 25.9 Å². The predicted octanol–water partition coefficient (Wildman–Crippen LogP) is 1.40. The summed E-state index contributed by atoms with van der Waals surface area (Å²) >= 11 is 0. The largest absolute Gasteiger partial charge is 0.462 e. The van der Waals surface area contributed by atoms with Crippen LogP contribution >= 0.6 is 0 Å². The topological polar surface area (TPSA) is 192 Å². The fourth-order valence-electron chi connectivity index (χ4n) is 3.34. The maximum Gasteiger partial charge on any atom is 0.355 e. The van der Waals surface area contributed by atoms with Crippen molar-refractivity contribution in [2.75, 3.05) is 31.4 Å². The van der Waals surface area contributed by atoms with Gasteiger partial charge in [-0.2, -0.15) is 5.21 Å². The Hall–Kier alpha value is -4.59. The van der Waals surface area contributed by atoms with Crippen LogP contribution in [-0.4, -0.2) is 69.9 Å². The Morgan fingerprint density at radius 2 is 1.57 bits per heavy atom. The number of nitrogens with two attached hydrogens (primary N) is 1. The Morgan fingerprint density at radius 3 is 2.03 bits per heavy atom. The van der Waals surface area contributed by atoms with Gasteiger partial charge in [-0.25, -0.2) is 14.4 Å². The second-order valence-electron chi connectivity index (χ2n) is 6.89. The Balaban J connectivity index is 1.94. The molecule has 14 nitrogen and oxygen atoms in total. The highest BCUT2D eigenvalue weighted by Crippen LogP contribution is 2.39. The van der Waals surface area contributed by atoms with E-state index in [0.717, 1.165) is 7.11 Å². The SMILES string of the molecule is CCOC(=O)c1c2ccc(CC(=O)N(OC)C(=O)Nc3nn[nH]n3)ccc-2c(C(=O)OCC)c1N. The van der Waals surface area contributed by atoms with Gasteiger partial charge in [0.05, 0.1) is 43.6 Å². The highest BCUT2D eigenvalue weighted by molar-refractivity contribution is 6.15. The minimum absolute atomic E-state index is 0.0244. The highest BCUT2D eigenvalue weighted by atomic mass is 16.7. The van der Waals surface area contributed by atoms with E-state index in [1.54, 1.807) is 38.1 Å². The number of anilines is 2. The number of esters is 2. The molecule has 0 saturated carbocycles. The third-order valence-electron chi connectivity index (χ3n) is 4.77. The molecule has 0 atom stereocenters. The summed E-state index contributed by atoms with van der Waals surface area (Å²) in [5, 5.41) is 15.3. The van der Waals surface area contributed by atoms with E-state index < -0.39 is 23.9 Å². The van der Waals surface area contributed by atoms with Crippen LogP contribution in [0.2, 0.25) is 0 Å². The van der Waals surface area contributed by atoms with Gasteiger partial charge in [0.15, 0.2) is 0 Å². The minimum Gasteiger partial charge on any atom is -0.462 e. The number of hydrogen-bond acceptors (Lipinski definition) is 11. The first-order chi connectivity index (χ1) is 16.8. The zero-order chi connectivity index (χ0) is 25.5. The molecule has 184 valence electrons. The molecule has 2 aliphatic carbocycles. The number of carbonyl (C=O) groups is 4. The number of nitrogens with one attached hydrogen (secondary N) is 2. The first-order valence-corrected chi connectivity index (χ1v) is 10.4. The van der Waals surface area contributed by atoms with Gasteiger partial charge in [0, 0.05) is 0 Å². The van der Waals surface area contributed by atoms with Gasteiger partial charge < -0.3 is 15.2 Å². The van der Waals surface area contributed by atoms with E-state index >= 15 is 0 Å². The van der Waals surface area contributed by atoms with Crippen LogP contribution in [0.3, 0.4) is 0 Å². The quantitative estimate of drug-likeness (QED) is 0.308. The second-order valence-corrected chi connectivity index (χ2v) is 6.89. The van der Waals surface area contributed by atoms with Crippen LogP contribution in [0, 0.1) is 0 Å². The molecule has 0 spiro atoms. The van der Waals surface area contributed by atoms with Gasteiger partial charge in [0.2, 0.25) is 0 Å². The van der Waals surface area contributed by atoms with Gasteiger partial charge in [0.25, 0.3) is 11.9 Å². The summed E-state index contributed by atoms with van der Waals surface area (Å²) in [5.41, 5.74) is 7.29. The zero-order valence-corrected chi connectivity index (χ0v) is 19.2. The number of nitrogens with zero attached hydrogens (tertiary/aromatic N) is 4. The van der Waals surface area contributed by atoms with Crippen molar-refractivity contribution >= 4 is 35.5 Å². The van der Waals surface area contributed by atoms with Crippen molar-refractivity contribution < 1.29 is 33.5 Å². The Bertz CT molecular complexity index is 1160. The van der Waals surface area contributed by atoms with Crippen molar-refractivity contribution in [1.29, 1.82) is 0 Å². The van der Waals surface area contributed by atoms with E-state index in [-0.39, 0.29) is 42.4 Å². The second kappa shape index (κ2) is 11.0. The standard InChI is InChI=1S/C21H23N7O7/c1-4-34-18(30)15-12-8-6-11(7-9-13(12)16(17(15)22)19(31)35-5-2)10-14(29)28(33-3)21(32)23-20-24-26-27-25-20/h6-9H,4-5,10,22H2,1-3H3,(H2,23,24,25,26,27,32). The van der Waals surface area contributed by atoms with E-state index in [4.69, 9.17) is 20.0 Å². The van der Waals surface area contributed by atoms with Crippen molar-refractivity contribution in [2.45, 2.75) is 20.3 Å². The lowest BCUT2D eigenvalue weighted by Gasteiger charge is -2.16. The number of tetrazole rings is 1. The summed E-state index contributed by atoms with van der Waals surface area (Å²) < 4.78 is 10.2. The first-order valence-electron chi connectivity index (χ1n) is 10.4. The number of ether oxygens (including phenoxy) is 2. The van der Waals surface area contributed by atoms with Crippen molar-refractivity contribution in [3.05, 3.63) is 41.0 Å². The number of nitrogen functional groups attached to an aromatic ring is 1. The average Bonchev–Trinajstić information content (AvgIpc) is 3.36. The van der Waals surface area contributed by atoms with Gasteiger partial charge >= 0.3 is 18.0 Å². The van der Waals surface area contributed by atoms with Gasteiger partial charge in [0.1, 0.15) is 0 Å². The van der Waals surface area contributed by atoms with E-state index in [0.29, 0.717) is 21.8 Å². The molecule has 1 aromatic rings. The van der Waals surface area contributed by atoms with Gasteiger partial charge in [-0.1, -0.05) is 29.4 Å². The Labute approximate surface area is 199 Å². The van der Waals surface area contributed by atoms with Crippen LogP contribution in [0.15, 0.2) is 24.3 Å². The highest BCUT2D eigenvalue weighted by Gasteiger charge is 2.31. The maximum atomic E-state index is 12.7. The number of imide groups is 1. The molecule has 0 fully saturated rings. The van der Waals surface area contributed by atoms with Crippen LogP contribution in [0.5, 0.6) is 0 Å². The van der Waals surface area contributed by atoms with Crippen molar-refractivity contribution in [3.63, 3.8) is 0 Å². The fourth-order valence-corrected chi connectivity index (χ4v) is 3.34. The van der Waals surface area contributed by atoms with Crippen LogP contribution in [0.25, 0.3) is 11.1 Å². The predicted molar refractivity (Wildman–Crippen MR) is 120 cm³/mol. The van der Waals surface area contributed by atoms with E-state index in [1.165, 1.54) is 0 Å². The molecule has 3 amide bonds. The molecular formula is C21H23N7O7. The smallest absolute Gasteiger partial charge is 0.355 e. The van der Waals surface area contributed by atoms with E-state index in [1.807, 2.05) is 0 Å². The number of urea groups is 1. The maximum absolute atomic E-state index is 12.7. The van der Waals surface area contributed by atoms with Gasteiger partial charge in [-0.3, -0.25) is 14.9 Å². The molecule has 0 saturated heterocycles. The Morgan fingerprint density at radius 1 is 1.00 bits per heavy atom. The number of hydrogen-bond donors (Lipinski definition) is 3. The molecule has 1 heterocycles. The van der Waals surface area contributed by atoms with Gasteiger partial charge in [-0.05, 0) is 35.8 Å². The molecule has 0 radical (unpaired) electrons. The number of amides is 3.